The van der Waals surface area contributed by atoms with Crippen LogP contribution in [0.1, 0.15) is 20.3 Å². The van der Waals surface area contributed by atoms with E-state index in [4.69, 9.17) is 17.3 Å². The van der Waals surface area contributed by atoms with Gasteiger partial charge in [0.05, 0.1) is 16.1 Å². The van der Waals surface area contributed by atoms with Crippen molar-refractivity contribution >= 4 is 28.6 Å². The number of nitrogen functional groups attached to an aromatic ring is 1. The number of nitrogens with zero attached hydrogens (tertiary/aromatic N) is 2. The minimum Gasteiger partial charge on any atom is -0.369 e. The first-order valence-electron chi connectivity index (χ1n) is 5.63. The first-order chi connectivity index (χ1) is 8.02. The van der Waals surface area contributed by atoms with Gasteiger partial charge in [0.2, 0.25) is 5.95 Å². The van der Waals surface area contributed by atoms with E-state index in [1.165, 1.54) is 12.1 Å². The largest absolute Gasteiger partial charge is 0.369 e. The molecule has 0 saturated carbocycles. The Morgan fingerprint density at radius 3 is 2.88 bits per heavy atom. The van der Waals surface area contributed by atoms with Crippen LogP contribution >= 0.6 is 11.6 Å². The SMILES string of the molecule is CCC(C)Cn1c(N)nc2cc(Cl)c(F)cc21. The number of fused-ring (bicyclic) bond motifs is 1. The smallest absolute Gasteiger partial charge is 0.201 e. The zero-order chi connectivity index (χ0) is 12.6. The monoisotopic (exact) mass is 255 g/mol. The molecule has 2 aromatic rings. The van der Waals surface area contributed by atoms with Gasteiger partial charge in [0.25, 0.3) is 0 Å². The molecule has 5 heteroatoms. The molecule has 0 spiro atoms. The third-order valence-corrected chi connectivity index (χ3v) is 3.30. The highest BCUT2D eigenvalue weighted by atomic mass is 35.5. The Balaban J connectivity index is 2.54. The van der Waals surface area contributed by atoms with E-state index in [9.17, 15) is 4.39 Å². The number of rotatable bonds is 3. The van der Waals surface area contributed by atoms with Crippen molar-refractivity contribution in [2.24, 2.45) is 5.92 Å². The fourth-order valence-electron chi connectivity index (χ4n) is 1.77. The van der Waals surface area contributed by atoms with Crippen LogP contribution in [0.15, 0.2) is 12.1 Å². The molecule has 0 aliphatic rings. The van der Waals surface area contributed by atoms with Crippen molar-refractivity contribution in [1.29, 1.82) is 0 Å². The molecule has 2 N–H and O–H groups in total. The lowest BCUT2D eigenvalue weighted by Crippen LogP contribution is -2.09. The third kappa shape index (κ3) is 2.22. The van der Waals surface area contributed by atoms with Crippen LogP contribution < -0.4 is 5.73 Å². The summed E-state index contributed by atoms with van der Waals surface area (Å²) in [6, 6.07) is 2.90. The molecule has 1 heterocycles. The number of hydrogen-bond donors (Lipinski definition) is 1. The number of imidazole rings is 1. The lowest BCUT2D eigenvalue weighted by Gasteiger charge is -2.11. The van der Waals surface area contributed by atoms with Crippen LogP contribution in [0.2, 0.25) is 5.02 Å². The molecule has 0 fully saturated rings. The molecule has 0 radical (unpaired) electrons. The van der Waals surface area contributed by atoms with Gasteiger partial charge in [-0.25, -0.2) is 9.37 Å². The molecule has 1 aromatic heterocycles. The second-order valence-corrected chi connectivity index (χ2v) is 4.76. The highest BCUT2D eigenvalue weighted by Crippen LogP contribution is 2.25. The Bertz CT molecular complexity index is 550. The fourth-order valence-corrected chi connectivity index (χ4v) is 1.93. The lowest BCUT2D eigenvalue weighted by molar-refractivity contribution is 0.479. The minimum atomic E-state index is -0.440. The molecule has 0 aliphatic carbocycles. The van der Waals surface area contributed by atoms with Crippen LogP contribution in [0.5, 0.6) is 0 Å². The molecule has 1 unspecified atom stereocenters. The van der Waals surface area contributed by atoms with E-state index in [1.54, 1.807) is 0 Å². The van der Waals surface area contributed by atoms with Crippen molar-refractivity contribution in [3.05, 3.63) is 23.0 Å². The molecule has 1 atom stereocenters. The average Bonchev–Trinajstić information content (AvgIpc) is 2.56. The summed E-state index contributed by atoms with van der Waals surface area (Å²) in [5.74, 6) is 0.430. The lowest BCUT2D eigenvalue weighted by atomic mass is 10.1. The van der Waals surface area contributed by atoms with Crippen LogP contribution in [-0.2, 0) is 6.54 Å². The molecule has 0 bridgehead atoms. The van der Waals surface area contributed by atoms with E-state index < -0.39 is 5.82 Å². The summed E-state index contributed by atoms with van der Waals surface area (Å²) in [6.45, 7) is 4.97. The van der Waals surface area contributed by atoms with Crippen LogP contribution in [-0.4, -0.2) is 9.55 Å². The highest BCUT2D eigenvalue weighted by Gasteiger charge is 2.13. The minimum absolute atomic E-state index is 0.0747. The molecular weight excluding hydrogens is 241 g/mol. The van der Waals surface area contributed by atoms with Gasteiger partial charge in [0, 0.05) is 12.6 Å². The predicted octanol–water partition coefficient (Wildman–Crippen LogP) is 3.46. The van der Waals surface area contributed by atoms with Gasteiger partial charge in [0.15, 0.2) is 0 Å². The van der Waals surface area contributed by atoms with E-state index in [2.05, 4.69) is 18.8 Å². The fraction of sp³-hybridized carbons (Fsp3) is 0.417. The summed E-state index contributed by atoms with van der Waals surface area (Å²) >= 11 is 5.72. The summed E-state index contributed by atoms with van der Waals surface area (Å²) in [5.41, 5.74) is 7.18. The van der Waals surface area contributed by atoms with Gasteiger partial charge in [-0.15, -0.1) is 0 Å². The molecule has 0 aliphatic heterocycles. The zero-order valence-corrected chi connectivity index (χ0v) is 10.6. The van der Waals surface area contributed by atoms with Gasteiger partial charge >= 0.3 is 0 Å². The van der Waals surface area contributed by atoms with Crippen molar-refractivity contribution in [3.8, 4) is 0 Å². The molecular formula is C12H15ClFN3. The van der Waals surface area contributed by atoms with E-state index in [-0.39, 0.29) is 5.02 Å². The van der Waals surface area contributed by atoms with Crippen molar-refractivity contribution in [2.45, 2.75) is 26.8 Å². The van der Waals surface area contributed by atoms with E-state index >= 15 is 0 Å². The molecule has 17 heavy (non-hydrogen) atoms. The van der Waals surface area contributed by atoms with E-state index in [1.807, 2.05) is 4.57 Å². The van der Waals surface area contributed by atoms with Crippen LogP contribution in [0.25, 0.3) is 11.0 Å². The Morgan fingerprint density at radius 2 is 2.24 bits per heavy atom. The van der Waals surface area contributed by atoms with Crippen LogP contribution in [0.3, 0.4) is 0 Å². The topological polar surface area (TPSA) is 43.8 Å². The normalized spacial score (nSPS) is 13.2. The van der Waals surface area contributed by atoms with Gasteiger partial charge in [0.1, 0.15) is 5.82 Å². The quantitative estimate of drug-likeness (QED) is 0.913. The standard InChI is InChI=1S/C12H15ClFN3/c1-3-7(2)6-17-11-5-9(14)8(13)4-10(11)16-12(17)15/h4-5,7H,3,6H2,1-2H3,(H2,15,16). The molecule has 3 nitrogen and oxygen atoms in total. The Kier molecular flexibility index (Phi) is 3.24. The molecule has 0 amide bonds. The molecule has 2 rings (SSSR count). The van der Waals surface area contributed by atoms with Gasteiger partial charge in [-0.3, -0.25) is 0 Å². The maximum absolute atomic E-state index is 13.4. The number of anilines is 1. The number of aromatic nitrogens is 2. The second kappa shape index (κ2) is 4.53. The Labute approximate surface area is 104 Å². The van der Waals surface area contributed by atoms with Crippen molar-refractivity contribution in [1.82, 2.24) is 9.55 Å². The van der Waals surface area contributed by atoms with Gasteiger partial charge in [-0.1, -0.05) is 31.9 Å². The van der Waals surface area contributed by atoms with Crippen LogP contribution in [0, 0.1) is 11.7 Å². The molecule has 92 valence electrons. The summed E-state index contributed by atoms with van der Waals surface area (Å²) in [6.07, 6.45) is 1.04. The summed E-state index contributed by atoms with van der Waals surface area (Å²) < 4.78 is 15.3. The van der Waals surface area contributed by atoms with Crippen molar-refractivity contribution in [2.75, 3.05) is 5.73 Å². The third-order valence-electron chi connectivity index (χ3n) is 3.01. The van der Waals surface area contributed by atoms with Gasteiger partial charge in [-0.2, -0.15) is 0 Å². The van der Waals surface area contributed by atoms with Crippen molar-refractivity contribution in [3.63, 3.8) is 0 Å². The first kappa shape index (κ1) is 12.2. The zero-order valence-electron chi connectivity index (χ0n) is 9.87. The molecule has 1 aromatic carbocycles. The highest BCUT2D eigenvalue weighted by molar-refractivity contribution is 6.31. The van der Waals surface area contributed by atoms with Gasteiger partial charge < -0.3 is 10.3 Å². The second-order valence-electron chi connectivity index (χ2n) is 4.35. The number of hydrogen-bond acceptors (Lipinski definition) is 2. The maximum atomic E-state index is 13.4. The van der Waals surface area contributed by atoms with Crippen LogP contribution in [0.4, 0.5) is 10.3 Å². The van der Waals surface area contributed by atoms with E-state index in [0.717, 1.165) is 13.0 Å². The maximum Gasteiger partial charge on any atom is 0.201 e. The average molecular weight is 256 g/mol. The van der Waals surface area contributed by atoms with Crippen molar-refractivity contribution < 1.29 is 4.39 Å². The predicted molar refractivity (Wildman–Crippen MR) is 68.6 cm³/mol. The summed E-state index contributed by atoms with van der Waals surface area (Å²) in [5, 5.41) is 0.0747. The summed E-state index contributed by atoms with van der Waals surface area (Å²) in [7, 11) is 0. The van der Waals surface area contributed by atoms with Gasteiger partial charge in [-0.05, 0) is 12.0 Å². The number of nitrogens with two attached hydrogens (primary N) is 1. The molecule has 0 saturated heterocycles. The number of halogens is 2. The van der Waals surface area contributed by atoms with E-state index in [0.29, 0.717) is 22.9 Å². The first-order valence-corrected chi connectivity index (χ1v) is 6.01. The Morgan fingerprint density at radius 1 is 1.53 bits per heavy atom. The Hall–Kier alpha value is -1.29. The summed E-state index contributed by atoms with van der Waals surface area (Å²) in [4.78, 5) is 4.19. The number of benzene rings is 1.